The summed E-state index contributed by atoms with van der Waals surface area (Å²) in [5.41, 5.74) is 4.99. The zero-order valence-corrected chi connectivity index (χ0v) is 18.0. The summed E-state index contributed by atoms with van der Waals surface area (Å²) < 4.78 is 5.58. The fourth-order valence-electron chi connectivity index (χ4n) is 7.50. The third-order valence-electron chi connectivity index (χ3n) is 8.94. The van der Waals surface area contributed by atoms with Gasteiger partial charge in [-0.3, -0.25) is 9.78 Å². The molecule has 4 aliphatic rings. The first-order valence-corrected chi connectivity index (χ1v) is 11.4. The number of carbonyl (C=O) groups is 1. The number of nitrogens with zero attached hydrogens (tertiary/aromatic N) is 1. The molecule has 5 unspecified atom stereocenters. The van der Waals surface area contributed by atoms with Gasteiger partial charge in [0, 0.05) is 25.7 Å². The second-order valence-corrected chi connectivity index (χ2v) is 10.3. The third kappa shape index (κ3) is 2.92. The molecule has 1 heterocycles. The van der Waals surface area contributed by atoms with Gasteiger partial charge in [0.25, 0.3) is 0 Å². The predicted molar refractivity (Wildman–Crippen MR) is 115 cm³/mol. The molecule has 0 radical (unpaired) electrons. The molecule has 0 bridgehead atoms. The van der Waals surface area contributed by atoms with Crippen LogP contribution in [0.15, 0.2) is 42.3 Å². The predicted octanol–water partition coefficient (Wildman–Crippen LogP) is 5.97. The molecular formula is C26H33NO2. The maximum atomic E-state index is 11.4. The van der Waals surface area contributed by atoms with Crippen molar-refractivity contribution in [2.45, 2.75) is 71.8 Å². The Kier molecular flexibility index (Phi) is 4.49. The van der Waals surface area contributed by atoms with E-state index in [1.165, 1.54) is 43.7 Å². The number of allylic oxidation sites excluding steroid dienone is 3. The maximum absolute atomic E-state index is 11.4. The topological polar surface area (TPSA) is 39.2 Å². The molecule has 0 spiro atoms. The Morgan fingerprint density at radius 2 is 1.93 bits per heavy atom. The summed E-state index contributed by atoms with van der Waals surface area (Å²) in [7, 11) is 0. The van der Waals surface area contributed by atoms with E-state index in [0.717, 1.165) is 37.0 Å². The SMILES string of the molecule is CC(=O)O[C@H]1CCC2(C)C(=CCC3C2CCC2(C)C(c4cccnc4)=CCC32)C1. The summed E-state index contributed by atoms with van der Waals surface area (Å²) in [5.74, 6) is 2.12. The minimum atomic E-state index is -0.138. The van der Waals surface area contributed by atoms with E-state index in [2.05, 4.69) is 43.1 Å². The molecule has 1 aromatic rings. The van der Waals surface area contributed by atoms with Crippen LogP contribution in [0.4, 0.5) is 0 Å². The molecule has 0 amide bonds. The van der Waals surface area contributed by atoms with Crippen molar-refractivity contribution in [3.05, 3.63) is 47.8 Å². The Morgan fingerprint density at radius 1 is 1.10 bits per heavy atom. The molecule has 1 aromatic heterocycles. The third-order valence-corrected chi connectivity index (χ3v) is 8.94. The van der Waals surface area contributed by atoms with E-state index in [1.54, 1.807) is 5.57 Å². The van der Waals surface area contributed by atoms with Gasteiger partial charge >= 0.3 is 5.97 Å². The second-order valence-electron chi connectivity index (χ2n) is 10.3. The first-order valence-electron chi connectivity index (χ1n) is 11.4. The van der Waals surface area contributed by atoms with Crippen molar-refractivity contribution in [2.75, 3.05) is 0 Å². The van der Waals surface area contributed by atoms with Gasteiger partial charge in [-0.2, -0.15) is 0 Å². The fraction of sp³-hybridized carbons (Fsp3) is 0.615. The van der Waals surface area contributed by atoms with Gasteiger partial charge in [-0.1, -0.05) is 37.6 Å². The van der Waals surface area contributed by atoms with Crippen LogP contribution in [0.2, 0.25) is 0 Å². The molecule has 0 aliphatic heterocycles. The van der Waals surface area contributed by atoms with E-state index in [4.69, 9.17) is 4.74 Å². The molecule has 5 rings (SSSR count). The number of ether oxygens (including phenoxy) is 1. The second kappa shape index (κ2) is 6.82. The van der Waals surface area contributed by atoms with Crippen LogP contribution in [-0.2, 0) is 9.53 Å². The van der Waals surface area contributed by atoms with Crippen molar-refractivity contribution < 1.29 is 9.53 Å². The summed E-state index contributed by atoms with van der Waals surface area (Å²) in [4.78, 5) is 15.8. The van der Waals surface area contributed by atoms with Crippen LogP contribution in [0, 0.1) is 28.6 Å². The Labute approximate surface area is 174 Å². The number of hydrogen-bond acceptors (Lipinski definition) is 3. The summed E-state index contributed by atoms with van der Waals surface area (Å²) in [6.45, 7) is 6.56. The van der Waals surface area contributed by atoms with Crippen LogP contribution in [0.3, 0.4) is 0 Å². The standard InChI is InChI=1S/C26H33NO2/c1-17(28)29-20-10-12-25(2)19(15-20)6-7-21-23-9-8-22(18-5-4-14-27-16-18)26(23,3)13-11-24(21)25/h4-6,8,14,16,20-21,23-24H,7,9-13,15H2,1-3H3/t20-,21?,23?,24?,25?,26?/m0/s1. The number of rotatable bonds is 2. The fourth-order valence-corrected chi connectivity index (χ4v) is 7.50. The Balaban J connectivity index is 1.41. The van der Waals surface area contributed by atoms with E-state index < -0.39 is 0 Å². The maximum Gasteiger partial charge on any atom is 0.302 e. The lowest BCUT2D eigenvalue weighted by Crippen LogP contribution is -2.50. The first-order chi connectivity index (χ1) is 13.9. The lowest BCUT2D eigenvalue weighted by atomic mass is 9.47. The molecule has 154 valence electrons. The average Bonchev–Trinajstić information content (AvgIpc) is 3.06. The van der Waals surface area contributed by atoms with Crippen LogP contribution in [-0.4, -0.2) is 17.1 Å². The number of hydrogen-bond donors (Lipinski definition) is 0. The molecule has 3 nitrogen and oxygen atoms in total. The molecule has 2 fully saturated rings. The smallest absolute Gasteiger partial charge is 0.302 e. The van der Waals surface area contributed by atoms with Crippen LogP contribution in [0.5, 0.6) is 0 Å². The Hall–Kier alpha value is -1.90. The molecule has 29 heavy (non-hydrogen) atoms. The van der Waals surface area contributed by atoms with E-state index in [1.807, 2.05) is 12.4 Å². The highest BCUT2D eigenvalue weighted by Gasteiger charge is 2.56. The molecule has 6 atom stereocenters. The molecule has 2 saturated carbocycles. The van der Waals surface area contributed by atoms with Crippen LogP contribution in [0.1, 0.15) is 71.3 Å². The highest BCUT2D eigenvalue weighted by atomic mass is 16.5. The molecular weight excluding hydrogens is 358 g/mol. The normalized spacial score (nSPS) is 40.8. The van der Waals surface area contributed by atoms with Gasteiger partial charge in [0.2, 0.25) is 0 Å². The van der Waals surface area contributed by atoms with Crippen molar-refractivity contribution in [3.63, 3.8) is 0 Å². The van der Waals surface area contributed by atoms with Crippen molar-refractivity contribution in [1.82, 2.24) is 4.98 Å². The Morgan fingerprint density at radius 3 is 2.69 bits per heavy atom. The van der Waals surface area contributed by atoms with Crippen molar-refractivity contribution in [3.8, 4) is 0 Å². The molecule has 0 saturated heterocycles. The van der Waals surface area contributed by atoms with Crippen molar-refractivity contribution >= 4 is 11.5 Å². The summed E-state index contributed by atoms with van der Waals surface area (Å²) in [5, 5.41) is 0. The highest BCUT2D eigenvalue weighted by Crippen LogP contribution is 2.66. The monoisotopic (exact) mass is 391 g/mol. The lowest BCUT2D eigenvalue weighted by Gasteiger charge is -2.57. The Bertz CT molecular complexity index is 872. The lowest BCUT2D eigenvalue weighted by molar-refractivity contribution is -0.148. The van der Waals surface area contributed by atoms with E-state index in [9.17, 15) is 4.79 Å². The van der Waals surface area contributed by atoms with Crippen molar-refractivity contribution in [1.29, 1.82) is 0 Å². The van der Waals surface area contributed by atoms with Gasteiger partial charge < -0.3 is 4.74 Å². The summed E-state index contributed by atoms with van der Waals surface area (Å²) >= 11 is 0. The van der Waals surface area contributed by atoms with Crippen molar-refractivity contribution in [2.24, 2.45) is 28.6 Å². The van der Waals surface area contributed by atoms with E-state index in [-0.39, 0.29) is 22.9 Å². The van der Waals surface area contributed by atoms with Crippen LogP contribution in [0.25, 0.3) is 5.57 Å². The summed E-state index contributed by atoms with van der Waals surface area (Å²) in [6.07, 6.45) is 17.1. The van der Waals surface area contributed by atoms with Crippen LogP contribution >= 0.6 is 0 Å². The van der Waals surface area contributed by atoms with Gasteiger partial charge in [-0.15, -0.1) is 0 Å². The molecule has 4 aliphatic carbocycles. The summed E-state index contributed by atoms with van der Waals surface area (Å²) in [6, 6.07) is 4.30. The quantitative estimate of drug-likeness (QED) is 0.460. The van der Waals surface area contributed by atoms with Gasteiger partial charge in [-0.05, 0) is 84.3 Å². The highest BCUT2D eigenvalue weighted by molar-refractivity contribution is 5.72. The first kappa shape index (κ1) is 19.1. The zero-order valence-electron chi connectivity index (χ0n) is 18.0. The average molecular weight is 392 g/mol. The minimum absolute atomic E-state index is 0.0857. The minimum Gasteiger partial charge on any atom is -0.462 e. The number of aromatic nitrogens is 1. The van der Waals surface area contributed by atoms with Gasteiger partial charge in [0.1, 0.15) is 6.10 Å². The van der Waals surface area contributed by atoms with Gasteiger partial charge in [-0.25, -0.2) is 0 Å². The van der Waals surface area contributed by atoms with E-state index >= 15 is 0 Å². The van der Waals surface area contributed by atoms with Gasteiger partial charge in [0.15, 0.2) is 0 Å². The number of carbonyl (C=O) groups excluding carboxylic acids is 1. The largest absolute Gasteiger partial charge is 0.462 e. The number of esters is 1. The molecule has 3 heteroatoms. The van der Waals surface area contributed by atoms with E-state index in [0.29, 0.717) is 0 Å². The molecule has 0 N–H and O–H groups in total. The van der Waals surface area contributed by atoms with Crippen LogP contribution < -0.4 is 0 Å². The van der Waals surface area contributed by atoms with Gasteiger partial charge in [0.05, 0.1) is 0 Å². The number of pyridine rings is 1. The molecule has 0 aromatic carbocycles. The number of fused-ring (bicyclic) bond motifs is 5. The zero-order chi connectivity index (χ0) is 20.2.